The summed E-state index contributed by atoms with van der Waals surface area (Å²) < 4.78 is 7.72. The molecule has 3 rings (SSSR count). The molecule has 1 heterocycles. The summed E-state index contributed by atoms with van der Waals surface area (Å²) in [4.78, 5) is 12.5. The lowest BCUT2D eigenvalue weighted by atomic mass is 10.1. The average Bonchev–Trinajstić information content (AvgIpc) is 3.05. The Morgan fingerprint density at radius 1 is 1.23 bits per heavy atom. The molecule has 0 spiro atoms. The van der Waals surface area contributed by atoms with E-state index in [0.29, 0.717) is 40.2 Å². The van der Waals surface area contributed by atoms with Crippen LogP contribution in [-0.4, -0.2) is 28.3 Å². The first kappa shape index (κ1) is 21.9. The van der Waals surface area contributed by atoms with Crippen molar-refractivity contribution in [2.75, 3.05) is 11.9 Å². The van der Waals surface area contributed by atoms with Crippen molar-refractivity contribution in [1.29, 1.82) is 0 Å². The first-order valence-electron chi connectivity index (χ1n) is 9.92. The molecule has 6 nitrogen and oxygen atoms in total. The third-order valence-electron chi connectivity index (χ3n) is 4.65. The summed E-state index contributed by atoms with van der Waals surface area (Å²) in [6.07, 6.45) is 2.45. The van der Waals surface area contributed by atoms with Crippen molar-refractivity contribution >= 4 is 23.2 Å². The molecule has 1 atom stereocenters. The van der Waals surface area contributed by atoms with E-state index in [4.69, 9.17) is 22.1 Å². The van der Waals surface area contributed by atoms with Crippen molar-refractivity contribution in [3.05, 3.63) is 65.3 Å². The summed E-state index contributed by atoms with van der Waals surface area (Å²) in [5.74, 6) is 0.938. The summed E-state index contributed by atoms with van der Waals surface area (Å²) in [6, 6.07) is 14.4. The first-order chi connectivity index (χ1) is 14.3. The van der Waals surface area contributed by atoms with Gasteiger partial charge in [-0.15, -0.1) is 0 Å². The zero-order valence-corrected chi connectivity index (χ0v) is 18.2. The van der Waals surface area contributed by atoms with Crippen LogP contribution in [0, 0.1) is 5.92 Å². The van der Waals surface area contributed by atoms with Crippen LogP contribution in [0.15, 0.2) is 54.7 Å². The Morgan fingerprint density at radius 3 is 2.60 bits per heavy atom. The number of aromatic nitrogens is 2. The summed E-state index contributed by atoms with van der Waals surface area (Å²) >= 11 is 6.39. The van der Waals surface area contributed by atoms with Crippen LogP contribution in [0.4, 0.5) is 5.69 Å². The number of hydrogen-bond acceptors (Lipinski definition) is 4. The van der Waals surface area contributed by atoms with Gasteiger partial charge in [-0.3, -0.25) is 9.48 Å². The molecule has 7 heteroatoms. The van der Waals surface area contributed by atoms with E-state index in [-0.39, 0.29) is 11.9 Å². The topological polar surface area (TPSA) is 82.2 Å². The molecular formula is C23H27ClN4O2. The van der Waals surface area contributed by atoms with Gasteiger partial charge in [0.1, 0.15) is 12.4 Å². The normalized spacial score (nSPS) is 12.1. The molecular weight excluding hydrogens is 400 g/mol. The molecule has 158 valence electrons. The van der Waals surface area contributed by atoms with Gasteiger partial charge in [0.05, 0.1) is 16.9 Å². The van der Waals surface area contributed by atoms with Crippen molar-refractivity contribution in [3.8, 4) is 17.0 Å². The van der Waals surface area contributed by atoms with E-state index in [1.54, 1.807) is 29.1 Å². The fraction of sp³-hybridized carbons (Fsp3) is 0.304. The summed E-state index contributed by atoms with van der Waals surface area (Å²) in [5, 5.41) is 7.65. The van der Waals surface area contributed by atoms with Gasteiger partial charge in [-0.25, -0.2) is 0 Å². The Hall–Kier alpha value is -2.83. The number of amides is 1. The summed E-state index contributed by atoms with van der Waals surface area (Å²) in [5.41, 5.74) is 8.85. The Labute approximate surface area is 182 Å². The van der Waals surface area contributed by atoms with Crippen LogP contribution in [0.25, 0.3) is 11.3 Å². The number of benzene rings is 2. The highest BCUT2D eigenvalue weighted by Gasteiger charge is 2.17. The molecule has 0 aliphatic rings. The highest BCUT2D eigenvalue weighted by molar-refractivity contribution is 6.33. The number of halogens is 1. The molecule has 0 aliphatic carbocycles. The van der Waals surface area contributed by atoms with E-state index >= 15 is 0 Å². The van der Waals surface area contributed by atoms with E-state index in [2.05, 4.69) is 24.3 Å². The summed E-state index contributed by atoms with van der Waals surface area (Å²) in [7, 11) is 1.81. The number of nitrogens with zero attached hydrogens (tertiary/aromatic N) is 2. The maximum atomic E-state index is 12.5. The SMILES string of the molecule is CC(C)C[C@H](N)COc1ccc(NC(=O)c2ccccc2)cc1-c1c(Cl)cnn1C. The van der Waals surface area contributed by atoms with Gasteiger partial charge in [-0.1, -0.05) is 43.6 Å². The largest absolute Gasteiger partial charge is 0.491 e. The van der Waals surface area contributed by atoms with Crippen LogP contribution >= 0.6 is 11.6 Å². The van der Waals surface area contributed by atoms with Crippen LogP contribution in [0.2, 0.25) is 5.02 Å². The lowest BCUT2D eigenvalue weighted by molar-refractivity contribution is 0.102. The number of nitrogens with one attached hydrogen (secondary N) is 1. The third-order valence-corrected chi connectivity index (χ3v) is 4.93. The van der Waals surface area contributed by atoms with Crippen molar-refractivity contribution in [1.82, 2.24) is 9.78 Å². The highest BCUT2D eigenvalue weighted by atomic mass is 35.5. The molecule has 0 aliphatic heterocycles. The second-order valence-electron chi connectivity index (χ2n) is 7.70. The molecule has 3 N–H and O–H groups in total. The molecule has 0 saturated carbocycles. The van der Waals surface area contributed by atoms with Gasteiger partial charge in [0.2, 0.25) is 0 Å². The maximum absolute atomic E-state index is 12.5. The van der Waals surface area contributed by atoms with E-state index < -0.39 is 0 Å². The van der Waals surface area contributed by atoms with E-state index in [0.717, 1.165) is 12.0 Å². The fourth-order valence-electron chi connectivity index (χ4n) is 3.30. The second kappa shape index (κ2) is 9.78. The zero-order chi connectivity index (χ0) is 21.7. The molecule has 0 saturated heterocycles. The van der Waals surface area contributed by atoms with Gasteiger partial charge in [-0.05, 0) is 42.7 Å². The van der Waals surface area contributed by atoms with E-state index in [9.17, 15) is 4.79 Å². The molecule has 0 radical (unpaired) electrons. The smallest absolute Gasteiger partial charge is 0.255 e. The molecule has 30 heavy (non-hydrogen) atoms. The number of carbonyl (C=O) groups excluding carboxylic acids is 1. The van der Waals surface area contributed by atoms with Gasteiger partial charge >= 0.3 is 0 Å². The Balaban J connectivity index is 1.89. The van der Waals surface area contributed by atoms with E-state index in [1.807, 2.05) is 37.4 Å². The van der Waals surface area contributed by atoms with Crippen LogP contribution in [0.1, 0.15) is 30.6 Å². The van der Waals surface area contributed by atoms with Gasteiger partial charge in [0, 0.05) is 29.9 Å². The number of hydrogen-bond donors (Lipinski definition) is 2. The number of ether oxygens (including phenoxy) is 1. The molecule has 1 amide bonds. The standard InChI is InChI=1S/C23H27ClN4O2/c1-15(2)11-17(25)14-30-21-10-9-18(27-23(29)16-7-5-4-6-8-16)12-19(21)22-20(24)13-26-28(22)3/h4-10,12-13,15,17H,11,14,25H2,1-3H3,(H,27,29)/t17-/m0/s1. The highest BCUT2D eigenvalue weighted by Crippen LogP contribution is 2.36. The third kappa shape index (κ3) is 5.40. The minimum Gasteiger partial charge on any atom is -0.491 e. The zero-order valence-electron chi connectivity index (χ0n) is 17.4. The molecule has 2 aromatic carbocycles. The van der Waals surface area contributed by atoms with Crippen LogP contribution in [0.3, 0.4) is 0 Å². The number of nitrogens with two attached hydrogens (primary N) is 1. The fourth-order valence-corrected chi connectivity index (χ4v) is 3.56. The first-order valence-corrected chi connectivity index (χ1v) is 10.3. The van der Waals surface area contributed by atoms with Crippen molar-refractivity contribution in [3.63, 3.8) is 0 Å². The van der Waals surface area contributed by atoms with Crippen molar-refractivity contribution in [2.45, 2.75) is 26.3 Å². The molecule has 0 fully saturated rings. The van der Waals surface area contributed by atoms with Crippen molar-refractivity contribution in [2.24, 2.45) is 18.7 Å². The average molecular weight is 427 g/mol. The number of aryl methyl sites for hydroxylation is 1. The quantitative estimate of drug-likeness (QED) is 0.544. The van der Waals surface area contributed by atoms with Gasteiger partial charge in [-0.2, -0.15) is 5.10 Å². The van der Waals surface area contributed by atoms with Crippen LogP contribution in [-0.2, 0) is 7.05 Å². The van der Waals surface area contributed by atoms with Gasteiger partial charge in [0.15, 0.2) is 0 Å². The molecule has 1 aromatic heterocycles. The monoisotopic (exact) mass is 426 g/mol. The second-order valence-corrected chi connectivity index (χ2v) is 8.10. The minimum atomic E-state index is -0.190. The number of rotatable bonds is 8. The lowest BCUT2D eigenvalue weighted by Gasteiger charge is -2.18. The van der Waals surface area contributed by atoms with Gasteiger partial charge in [0.25, 0.3) is 5.91 Å². The van der Waals surface area contributed by atoms with Crippen molar-refractivity contribution < 1.29 is 9.53 Å². The Kier molecular flexibility index (Phi) is 7.13. The molecule has 0 bridgehead atoms. The molecule has 0 unspecified atom stereocenters. The van der Waals surface area contributed by atoms with Gasteiger partial charge < -0.3 is 15.8 Å². The minimum absolute atomic E-state index is 0.0719. The predicted octanol–water partition coefficient (Wildman–Crippen LogP) is 4.75. The summed E-state index contributed by atoms with van der Waals surface area (Å²) in [6.45, 7) is 4.65. The lowest BCUT2D eigenvalue weighted by Crippen LogP contribution is -2.29. The van der Waals surface area contributed by atoms with E-state index in [1.165, 1.54) is 0 Å². The molecule has 3 aromatic rings. The van der Waals surface area contributed by atoms with Crippen LogP contribution in [0.5, 0.6) is 5.75 Å². The number of carbonyl (C=O) groups is 1. The maximum Gasteiger partial charge on any atom is 0.255 e. The number of anilines is 1. The Bertz CT molecular complexity index is 982. The Morgan fingerprint density at radius 2 is 1.97 bits per heavy atom. The predicted molar refractivity (Wildman–Crippen MR) is 121 cm³/mol. The van der Waals surface area contributed by atoms with Crippen LogP contribution < -0.4 is 15.8 Å².